The maximum atomic E-state index is 12.5. The van der Waals surface area contributed by atoms with Crippen molar-refractivity contribution in [3.63, 3.8) is 0 Å². The lowest BCUT2D eigenvalue weighted by Gasteiger charge is -2.37. The first-order valence-corrected chi connectivity index (χ1v) is 8.67. The van der Waals surface area contributed by atoms with Crippen molar-refractivity contribution in [1.29, 1.82) is 0 Å². The van der Waals surface area contributed by atoms with Crippen molar-refractivity contribution >= 4 is 12.0 Å². The van der Waals surface area contributed by atoms with Gasteiger partial charge in [-0.15, -0.1) is 0 Å². The van der Waals surface area contributed by atoms with E-state index in [9.17, 15) is 9.90 Å². The number of carbonyl (C=O) groups is 1. The number of phenolic OH excluding ortho intramolecular Hbond substituents is 1. The Bertz CT molecular complexity index is 780. The van der Waals surface area contributed by atoms with Gasteiger partial charge in [0.2, 0.25) is 0 Å². The van der Waals surface area contributed by atoms with Crippen LogP contribution in [0.1, 0.15) is 24.0 Å². The Morgan fingerprint density at radius 2 is 1.88 bits per heavy atom. The van der Waals surface area contributed by atoms with E-state index in [1.807, 2.05) is 30.3 Å². The molecule has 2 aromatic rings. The average molecular weight is 353 g/mol. The van der Waals surface area contributed by atoms with Gasteiger partial charge in [-0.1, -0.05) is 36.4 Å². The molecule has 0 aromatic heterocycles. The molecule has 1 aliphatic heterocycles. The molecule has 0 bridgehead atoms. The summed E-state index contributed by atoms with van der Waals surface area (Å²) in [7, 11) is 1.48. The van der Waals surface area contributed by atoms with Gasteiger partial charge in [0.05, 0.1) is 7.11 Å². The Balaban J connectivity index is 1.76. The van der Waals surface area contributed by atoms with Crippen LogP contribution in [0.25, 0.3) is 6.08 Å². The average Bonchev–Trinajstić information content (AvgIpc) is 2.69. The first-order valence-electron chi connectivity index (χ1n) is 8.67. The summed E-state index contributed by atoms with van der Waals surface area (Å²) in [5, 5.41) is 13.0. The van der Waals surface area contributed by atoms with Crippen LogP contribution in [0.2, 0.25) is 0 Å². The summed E-state index contributed by atoms with van der Waals surface area (Å²) in [5.41, 5.74) is 1.17. The van der Waals surface area contributed by atoms with Crippen LogP contribution in [0, 0.1) is 0 Å². The molecule has 5 nitrogen and oxygen atoms in total. The van der Waals surface area contributed by atoms with Gasteiger partial charge in [0.1, 0.15) is 5.60 Å². The molecule has 0 spiro atoms. The molecule has 1 saturated heterocycles. The molecule has 1 aliphatic rings. The molecule has 1 fully saturated rings. The summed E-state index contributed by atoms with van der Waals surface area (Å²) in [6.45, 7) is 1.61. The van der Waals surface area contributed by atoms with E-state index in [1.165, 1.54) is 19.3 Å². The molecule has 0 aliphatic carbocycles. The number of piperidine rings is 1. The van der Waals surface area contributed by atoms with Gasteiger partial charge in [-0.25, -0.2) is 4.79 Å². The van der Waals surface area contributed by atoms with Crippen molar-refractivity contribution in [2.24, 2.45) is 0 Å². The second kappa shape index (κ2) is 8.06. The smallest absolute Gasteiger partial charge is 0.331 e. The highest BCUT2D eigenvalue weighted by molar-refractivity contribution is 5.87. The van der Waals surface area contributed by atoms with Crippen molar-refractivity contribution in [1.82, 2.24) is 5.32 Å². The predicted octanol–water partition coefficient (Wildman–Crippen LogP) is 3.24. The van der Waals surface area contributed by atoms with E-state index in [2.05, 4.69) is 5.32 Å². The van der Waals surface area contributed by atoms with Gasteiger partial charge < -0.3 is 19.9 Å². The number of nitrogens with one attached hydrogen (secondary N) is 1. The zero-order valence-corrected chi connectivity index (χ0v) is 14.8. The molecule has 136 valence electrons. The zero-order valence-electron chi connectivity index (χ0n) is 14.8. The Kier molecular flexibility index (Phi) is 5.58. The highest BCUT2D eigenvalue weighted by atomic mass is 16.6. The van der Waals surface area contributed by atoms with E-state index in [0.717, 1.165) is 37.1 Å². The van der Waals surface area contributed by atoms with E-state index >= 15 is 0 Å². The lowest BCUT2D eigenvalue weighted by molar-refractivity contribution is -0.157. The topological polar surface area (TPSA) is 67.8 Å². The molecule has 3 rings (SSSR count). The number of ether oxygens (including phenoxy) is 2. The van der Waals surface area contributed by atoms with Crippen LogP contribution in [0.4, 0.5) is 0 Å². The van der Waals surface area contributed by atoms with Crippen LogP contribution in [-0.2, 0) is 15.1 Å². The summed E-state index contributed by atoms with van der Waals surface area (Å²) < 4.78 is 11.0. The second-order valence-electron chi connectivity index (χ2n) is 6.30. The largest absolute Gasteiger partial charge is 0.504 e. The third kappa shape index (κ3) is 4.06. The molecule has 5 heteroatoms. The van der Waals surface area contributed by atoms with Gasteiger partial charge in [-0.2, -0.15) is 0 Å². The molecule has 0 unspecified atom stereocenters. The maximum absolute atomic E-state index is 12.5. The minimum absolute atomic E-state index is 0.0602. The number of carbonyl (C=O) groups excluding carboxylic acids is 1. The Labute approximate surface area is 153 Å². The Morgan fingerprint density at radius 3 is 2.58 bits per heavy atom. The van der Waals surface area contributed by atoms with Gasteiger partial charge in [-0.3, -0.25) is 0 Å². The van der Waals surface area contributed by atoms with Gasteiger partial charge in [-0.05, 0) is 42.4 Å². The van der Waals surface area contributed by atoms with E-state index < -0.39 is 5.60 Å². The fourth-order valence-electron chi connectivity index (χ4n) is 3.21. The molecule has 0 amide bonds. The lowest BCUT2D eigenvalue weighted by Crippen LogP contribution is -2.42. The summed E-state index contributed by atoms with van der Waals surface area (Å²) >= 11 is 0. The van der Waals surface area contributed by atoms with Gasteiger partial charge in [0.25, 0.3) is 0 Å². The number of phenols is 1. The molecular weight excluding hydrogens is 330 g/mol. The zero-order chi connectivity index (χ0) is 18.4. The quantitative estimate of drug-likeness (QED) is 0.638. The van der Waals surface area contributed by atoms with Crippen molar-refractivity contribution < 1.29 is 19.4 Å². The normalized spacial score (nSPS) is 16.3. The van der Waals surface area contributed by atoms with Crippen molar-refractivity contribution in [2.45, 2.75) is 18.4 Å². The van der Waals surface area contributed by atoms with Crippen LogP contribution >= 0.6 is 0 Å². The minimum atomic E-state index is -0.597. The van der Waals surface area contributed by atoms with E-state index in [4.69, 9.17) is 9.47 Å². The van der Waals surface area contributed by atoms with Crippen LogP contribution < -0.4 is 10.1 Å². The van der Waals surface area contributed by atoms with Crippen molar-refractivity contribution in [3.8, 4) is 11.5 Å². The first kappa shape index (κ1) is 18.0. The van der Waals surface area contributed by atoms with E-state index in [0.29, 0.717) is 5.75 Å². The fourth-order valence-corrected chi connectivity index (χ4v) is 3.21. The third-order valence-electron chi connectivity index (χ3n) is 4.62. The highest BCUT2D eigenvalue weighted by Crippen LogP contribution is 2.35. The van der Waals surface area contributed by atoms with E-state index in [-0.39, 0.29) is 11.7 Å². The number of rotatable bonds is 5. The number of hydrogen-bond acceptors (Lipinski definition) is 5. The molecule has 0 radical (unpaired) electrons. The third-order valence-corrected chi connectivity index (χ3v) is 4.62. The number of methoxy groups -OCH3 is 1. The molecule has 0 saturated carbocycles. The molecule has 2 aromatic carbocycles. The summed E-state index contributed by atoms with van der Waals surface area (Å²) in [5.74, 6) is 0.0346. The Morgan fingerprint density at radius 1 is 1.15 bits per heavy atom. The summed E-state index contributed by atoms with van der Waals surface area (Å²) in [6, 6.07) is 14.8. The number of esters is 1. The second-order valence-corrected chi connectivity index (χ2v) is 6.30. The monoisotopic (exact) mass is 353 g/mol. The number of benzene rings is 2. The van der Waals surface area contributed by atoms with Crippen LogP contribution in [-0.4, -0.2) is 31.3 Å². The van der Waals surface area contributed by atoms with Crippen LogP contribution in [0.5, 0.6) is 11.5 Å². The molecular formula is C21H23NO4. The molecule has 1 heterocycles. The number of aromatic hydroxyl groups is 1. The minimum Gasteiger partial charge on any atom is -0.504 e. The first-order chi connectivity index (χ1) is 12.6. The van der Waals surface area contributed by atoms with Gasteiger partial charge in [0, 0.05) is 18.9 Å². The summed E-state index contributed by atoms with van der Waals surface area (Å²) in [6.07, 6.45) is 4.55. The fraction of sp³-hybridized carbons (Fsp3) is 0.286. The lowest BCUT2D eigenvalue weighted by atomic mass is 9.85. The molecule has 2 N–H and O–H groups in total. The highest BCUT2D eigenvalue weighted by Gasteiger charge is 2.37. The van der Waals surface area contributed by atoms with Crippen LogP contribution in [0.15, 0.2) is 54.6 Å². The standard InChI is InChI=1S/C21H23NO4/c1-25-19-15-16(7-9-18(19)23)8-10-20(24)26-21(11-13-22-14-12-21)17-5-3-2-4-6-17/h2-10,15,22-23H,11-14H2,1H3/b10-8+. The van der Waals surface area contributed by atoms with Gasteiger partial charge >= 0.3 is 5.97 Å². The molecule has 0 atom stereocenters. The van der Waals surface area contributed by atoms with E-state index in [1.54, 1.807) is 18.2 Å². The maximum Gasteiger partial charge on any atom is 0.331 e. The molecule has 26 heavy (non-hydrogen) atoms. The van der Waals surface area contributed by atoms with Gasteiger partial charge in [0.15, 0.2) is 11.5 Å². The summed E-state index contributed by atoms with van der Waals surface area (Å²) in [4.78, 5) is 12.5. The number of hydrogen-bond donors (Lipinski definition) is 2. The Hall–Kier alpha value is -2.79. The predicted molar refractivity (Wildman–Crippen MR) is 100 cm³/mol. The SMILES string of the molecule is COc1cc(/C=C/C(=O)OC2(c3ccccc3)CCNCC2)ccc1O. The van der Waals surface area contributed by atoms with Crippen molar-refractivity contribution in [2.75, 3.05) is 20.2 Å². The van der Waals surface area contributed by atoms with Crippen LogP contribution in [0.3, 0.4) is 0 Å². The van der Waals surface area contributed by atoms with Crippen molar-refractivity contribution in [3.05, 3.63) is 65.7 Å².